The number of hydrogen-bond acceptors (Lipinski definition) is 4. The summed E-state index contributed by atoms with van der Waals surface area (Å²) in [6, 6.07) is 9.19. The van der Waals surface area contributed by atoms with Gasteiger partial charge < -0.3 is 15.5 Å². The maximum Gasteiger partial charge on any atom is 0.286 e. The molecule has 2 amide bonds. The van der Waals surface area contributed by atoms with Crippen LogP contribution in [0.2, 0.25) is 0 Å². The molecule has 3 N–H and O–H groups in total. The Morgan fingerprint density at radius 2 is 2.07 bits per heavy atom. The van der Waals surface area contributed by atoms with Crippen LogP contribution in [-0.2, 0) is 6.54 Å². The van der Waals surface area contributed by atoms with E-state index in [2.05, 4.69) is 17.1 Å². The number of carbonyl (C=O) groups excluding carboxylic acids is 2. The third-order valence-corrected chi connectivity index (χ3v) is 5.44. The summed E-state index contributed by atoms with van der Waals surface area (Å²) in [4.78, 5) is 26.9. The minimum Gasteiger partial charge on any atom is -0.446 e. The lowest BCUT2D eigenvalue weighted by molar-refractivity contribution is 0.0977. The maximum absolute atomic E-state index is 14.0. The second-order valence-electron chi connectivity index (χ2n) is 7.55. The number of nitrogens with zero attached hydrogens (tertiary/aromatic N) is 1. The number of benzene rings is 2. The van der Waals surface area contributed by atoms with Crippen molar-refractivity contribution >= 4 is 28.5 Å². The van der Waals surface area contributed by atoms with Gasteiger partial charge in [0, 0.05) is 24.2 Å². The zero-order valence-electron chi connectivity index (χ0n) is 16.4. The number of hydrogen-bond donors (Lipinski definition) is 2. The van der Waals surface area contributed by atoms with E-state index >= 15 is 0 Å². The number of fused-ring (bicyclic) bond motifs is 1. The van der Waals surface area contributed by atoms with E-state index in [1.807, 2.05) is 6.07 Å². The average molecular weight is 413 g/mol. The van der Waals surface area contributed by atoms with Crippen LogP contribution in [0.25, 0.3) is 11.0 Å². The van der Waals surface area contributed by atoms with Crippen LogP contribution in [0, 0.1) is 11.6 Å². The van der Waals surface area contributed by atoms with Gasteiger partial charge in [0.15, 0.2) is 11.4 Å². The van der Waals surface area contributed by atoms with Gasteiger partial charge in [-0.1, -0.05) is 12.1 Å². The minimum atomic E-state index is -1.00. The number of furan rings is 1. The fraction of sp³-hybridized carbons (Fsp3) is 0.273. The van der Waals surface area contributed by atoms with Gasteiger partial charge in [-0.15, -0.1) is 0 Å². The van der Waals surface area contributed by atoms with Crippen LogP contribution in [0.5, 0.6) is 0 Å². The SMILES string of the molecule is CC1CCCN1Cc1cccc(C(=O)Nc2c(C(N)=O)oc3c(F)cc(F)cc23)c1. The highest BCUT2D eigenvalue weighted by Crippen LogP contribution is 2.33. The van der Waals surface area contributed by atoms with Crippen LogP contribution in [-0.4, -0.2) is 29.3 Å². The van der Waals surface area contributed by atoms with Crippen LogP contribution in [0.15, 0.2) is 40.8 Å². The Morgan fingerprint density at radius 3 is 2.77 bits per heavy atom. The lowest BCUT2D eigenvalue weighted by Gasteiger charge is -2.21. The first-order valence-electron chi connectivity index (χ1n) is 9.69. The smallest absolute Gasteiger partial charge is 0.286 e. The van der Waals surface area contributed by atoms with Gasteiger partial charge in [0.25, 0.3) is 11.8 Å². The normalized spacial score (nSPS) is 16.8. The molecule has 1 fully saturated rings. The predicted octanol–water partition coefficient (Wildman–Crippen LogP) is 4.05. The Hall–Kier alpha value is -3.26. The summed E-state index contributed by atoms with van der Waals surface area (Å²) >= 11 is 0. The van der Waals surface area contributed by atoms with Crippen molar-refractivity contribution < 1.29 is 22.8 Å². The van der Waals surface area contributed by atoms with Crippen molar-refractivity contribution in [3.63, 3.8) is 0 Å². The van der Waals surface area contributed by atoms with Crippen molar-refractivity contribution in [2.24, 2.45) is 5.73 Å². The highest BCUT2D eigenvalue weighted by atomic mass is 19.1. The fourth-order valence-corrected chi connectivity index (χ4v) is 3.88. The van der Waals surface area contributed by atoms with E-state index in [0.29, 0.717) is 17.7 Å². The third-order valence-electron chi connectivity index (χ3n) is 5.44. The molecule has 3 aromatic rings. The van der Waals surface area contributed by atoms with Crippen molar-refractivity contribution in [3.8, 4) is 0 Å². The van der Waals surface area contributed by atoms with Gasteiger partial charge in [0.05, 0.1) is 5.39 Å². The van der Waals surface area contributed by atoms with E-state index in [1.54, 1.807) is 18.2 Å². The second kappa shape index (κ2) is 7.87. The third kappa shape index (κ3) is 3.78. The summed E-state index contributed by atoms with van der Waals surface area (Å²) in [6.45, 7) is 3.91. The van der Waals surface area contributed by atoms with Crippen molar-refractivity contribution in [1.29, 1.82) is 0 Å². The van der Waals surface area contributed by atoms with Crippen LogP contribution in [0.1, 0.15) is 46.2 Å². The van der Waals surface area contributed by atoms with E-state index in [0.717, 1.165) is 37.6 Å². The number of amides is 2. The molecule has 6 nitrogen and oxygen atoms in total. The summed E-state index contributed by atoms with van der Waals surface area (Å²) in [5.41, 5.74) is 6.12. The molecule has 4 rings (SSSR count). The molecule has 0 spiro atoms. The molecule has 2 aromatic carbocycles. The standard InChI is InChI=1S/C22H21F2N3O3/c1-12-4-3-7-27(12)11-13-5-2-6-14(8-13)22(29)26-18-16-9-15(23)10-17(24)19(16)30-20(18)21(25)28/h2,5-6,8-10,12H,3-4,7,11H2,1H3,(H2,25,28)(H,26,29). The molecule has 1 atom stereocenters. The molecule has 1 saturated heterocycles. The predicted molar refractivity (Wildman–Crippen MR) is 108 cm³/mol. The molecule has 0 saturated carbocycles. The van der Waals surface area contributed by atoms with Crippen molar-refractivity contribution in [2.45, 2.75) is 32.4 Å². The zero-order chi connectivity index (χ0) is 21.4. The molecule has 1 unspecified atom stereocenters. The van der Waals surface area contributed by atoms with Gasteiger partial charge in [-0.05, 0) is 50.1 Å². The van der Waals surface area contributed by atoms with E-state index < -0.39 is 29.2 Å². The molecule has 0 radical (unpaired) electrons. The first-order chi connectivity index (χ1) is 14.3. The molecular formula is C22H21F2N3O3. The summed E-state index contributed by atoms with van der Waals surface area (Å²) in [6.07, 6.45) is 2.30. The average Bonchev–Trinajstić information content (AvgIpc) is 3.26. The van der Waals surface area contributed by atoms with Crippen LogP contribution < -0.4 is 11.1 Å². The van der Waals surface area contributed by atoms with Gasteiger partial charge in [-0.3, -0.25) is 14.5 Å². The van der Waals surface area contributed by atoms with Crippen molar-refractivity contribution in [3.05, 3.63) is 64.9 Å². The van der Waals surface area contributed by atoms with Crippen LogP contribution in [0.3, 0.4) is 0 Å². The number of halogens is 2. The lowest BCUT2D eigenvalue weighted by Crippen LogP contribution is -2.26. The van der Waals surface area contributed by atoms with Gasteiger partial charge in [-0.25, -0.2) is 8.78 Å². The number of nitrogens with two attached hydrogens (primary N) is 1. The first-order valence-corrected chi connectivity index (χ1v) is 9.69. The highest BCUT2D eigenvalue weighted by Gasteiger charge is 2.24. The Morgan fingerprint density at radius 1 is 1.27 bits per heavy atom. The topological polar surface area (TPSA) is 88.6 Å². The first kappa shape index (κ1) is 20.0. The summed E-state index contributed by atoms with van der Waals surface area (Å²) in [7, 11) is 0. The maximum atomic E-state index is 14.0. The summed E-state index contributed by atoms with van der Waals surface area (Å²) in [5.74, 6) is -3.84. The monoisotopic (exact) mass is 413 g/mol. The summed E-state index contributed by atoms with van der Waals surface area (Å²) in [5, 5.41) is 2.46. The highest BCUT2D eigenvalue weighted by molar-refractivity contribution is 6.14. The van der Waals surface area contributed by atoms with Gasteiger partial charge >= 0.3 is 0 Å². The molecule has 0 bridgehead atoms. The van der Waals surface area contributed by atoms with Crippen LogP contribution in [0.4, 0.5) is 14.5 Å². The van der Waals surface area contributed by atoms with E-state index in [4.69, 9.17) is 10.2 Å². The molecular weight excluding hydrogens is 392 g/mol. The number of rotatable bonds is 5. The largest absolute Gasteiger partial charge is 0.446 e. The van der Waals surface area contributed by atoms with Gasteiger partial charge in [0.1, 0.15) is 11.5 Å². The Bertz CT molecular complexity index is 1140. The molecule has 2 heterocycles. The molecule has 1 aliphatic rings. The molecule has 0 aliphatic carbocycles. The Balaban J connectivity index is 1.64. The van der Waals surface area contributed by atoms with Crippen molar-refractivity contribution in [1.82, 2.24) is 4.90 Å². The molecule has 1 aromatic heterocycles. The number of primary amides is 1. The van der Waals surface area contributed by atoms with E-state index in [1.165, 1.54) is 0 Å². The number of anilines is 1. The Labute approximate surface area is 171 Å². The Kier molecular flexibility index (Phi) is 5.26. The number of nitrogens with one attached hydrogen (secondary N) is 1. The molecule has 30 heavy (non-hydrogen) atoms. The van der Waals surface area contributed by atoms with Gasteiger partial charge in [-0.2, -0.15) is 0 Å². The van der Waals surface area contributed by atoms with Gasteiger partial charge in [0.2, 0.25) is 5.76 Å². The second-order valence-corrected chi connectivity index (χ2v) is 7.55. The zero-order valence-corrected chi connectivity index (χ0v) is 16.4. The molecule has 8 heteroatoms. The van der Waals surface area contributed by atoms with Crippen LogP contribution >= 0.6 is 0 Å². The quantitative estimate of drug-likeness (QED) is 0.661. The molecule has 1 aliphatic heterocycles. The minimum absolute atomic E-state index is 0.0725. The van der Waals surface area contributed by atoms with E-state index in [9.17, 15) is 18.4 Å². The van der Waals surface area contributed by atoms with E-state index in [-0.39, 0.29) is 16.7 Å². The lowest BCUT2D eigenvalue weighted by atomic mass is 10.1. The summed E-state index contributed by atoms with van der Waals surface area (Å²) < 4.78 is 32.9. The number of likely N-dealkylation sites (tertiary alicyclic amines) is 1. The van der Waals surface area contributed by atoms with Crippen molar-refractivity contribution in [2.75, 3.05) is 11.9 Å². The number of carbonyl (C=O) groups is 2. The fourth-order valence-electron chi connectivity index (χ4n) is 3.88. The molecule has 156 valence electrons.